The monoisotopic (exact) mass is 650 g/mol. The summed E-state index contributed by atoms with van der Waals surface area (Å²) >= 11 is 12.7. The second kappa shape index (κ2) is 12.2. The van der Waals surface area contributed by atoms with E-state index in [0.29, 0.717) is 11.1 Å². The number of rotatable bonds is 8. The van der Waals surface area contributed by atoms with E-state index < -0.39 is 47.1 Å². The average molecular weight is 651 g/mol. The first-order chi connectivity index (χ1) is 20.8. The van der Waals surface area contributed by atoms with Crippen molar-refractivity contribution in [1.82, 2.24) is 0 Å². The number of ketones is 2. The van der Waals surface area contributed by atoms with Crippen molar-refractivity contribution in [2.75, 3.05) is 9.80 Å². The predicted octanol–water partition coefficient (Wildman–Crippen LogP) is 8.63. The fraction of sp³-hybridized carbons (Fsp3) is 0.188. The van der Waals surface area contributed by atoms with E-state index in [1.807, 2.05) is 0 Å². The average Bonchev–Trinajstić information content (AvgIpc) is 2.97. The first-order valence-electron chi connectivity index (χ1n) is 13.2. The summed E-state index contributed by atoms with van der Waals surface area (Å²) in [5, 5.41) is -0.250. The second-order valence-electron chi connectivity index (χ2n) is 10.2. The van der Waals surface area contributed by atoms with Gasteiger partial charge in [0.05, 0.1) is 32.5 Å². The Labute approximate surface area is 258 Å². The van der Waals surface area contributed by atoms with Gasteiger partial charge in [-0.25, -0.2) is 0 Å². The number of benzene rings is 4. The molecule has 0 aliphatic heterocycles. The third-order valence-electron chi connectivity index (χ3n) is 7.26. The third kappa shape index (κ3) is 6.42. The van der Waals surface area contributed by atoms with Crippen molar-refractivity contribution >= 4 is 46.1 Å². The SMILES string of the molecule is O=C1C(N(Cc2ccccc2)c2cc(C(F)(F)F)ccc2Cl)C(=O)C1N(Cc1ccccc1)c1cc(C(F)(F)F)ccc1Cl. The number of anilines is 2. The summed E-state index contributed by atoms with van der Waals surface area (Å²) in [6.45, 7) is -0.306. The number of hydrogen-bond acceptors (Lipinski definition) is 4. The molecule has 0 aromatic heterocycles. The van der Waals surface area contributed by atoms with Crippen molar-refractivity contribution in [3.8, 4) is 0 Å². The normalized spacial score (nSPS) is 16.9. The van der Waals surface area contributed by atoms with Gasteiger partial charge in [-0.15, -0.1) is 0 Å². The van der Waals surface area contributed by atoms with Gasteiger partial charge in [-0.1, -0.05) is 83.9 Å². The first kappa shape index (κ1) is 31.4. The number of carbonyl (C=O) groups excluding carboxylic acids is 2. The number of halogens is 8. The van der Waals surface area contributed by atoms with Gasteiger partial charge in [0, 0.05) is 13.1 Å². The van der Waals surface area contributed by atoms with Crippen molar-refractivity contribution in [1.29, 1.82) is 0 Å². The van der Waals surface area contributed by atoms with Crippen LogP contribution in [0.2, 0.25) is 10.0 Å². The van der Waals surface area contributed by atoms with E-state index in [1.54, 1.807) is 60.7 Å². The van der Waals surface area contributed by atoms with Gasteiger partial charge in [0.1, 0.15) is 0 Å². The molecule has 1 aliphatic rings. The second-order valence-corrected chi connectivity index (χ2v) is 11.0. The Morgan fingerprint density at radius 1 is 0.545 bits per heavy atom. The first-order valence-corrected chi connectivity index (χ1v) is 13.9. The zero-order valence-electron chi connectivity index (χ0n) is 22.5. The molecule has 1 aliphatic carbocycles. The summed E-state index contributed by atoms with van der Waals surface area (Å²) in [6.07, 6.45) is -9.47. The van der Waals surface area contributed by atoms with E-state index in [9.17, 15) is 35.9 Å². The molecule has 0 atom stereocenters. The van der Waals surface area contributed by atoms with Crippen LogP contribution in [0.25, 0.3) is 0 Å². The van der Waals surface area contributed by atoms with Gasteiger partial charge < -0.3 is 9.80 Å². The topological polar surface area (TPSA) is 40.6 Å². The van der Waals surface area contributed by atoms with E-state index in [4.69, 9.17) is 23.2 Å². The summed E-state index contributed by atoms with van der Waals surface area (Å²) in [7, 11) is 0. The van der Waals surface area contributed by atoms with Gasteiger partial charge in [0.2, 0.25) is 0 Å². The van der Waals surface area contributed by atoms with E-state index >= 15 is 0 Å². The number of hydrogen-bond donors (Lipinski definition) is 0. The molecule has 0 amide bonds. The van der Waals surface area contributed by atoms with E-state index in [1.165, 1.54) is 9.80 Å². The fourth-order valence-corrected chi connectivity index (χ4v) is 5.56. The van der Waals surface area contributed by atoms with Crippen LogP contribution in [0.1, 0.15) is 22.3 Å². The maximum Gasteiger partial charge on any atom is 0.416 e. The zero-order valence-corrected chi connectivity index (χ0v) is 24.1. The largest absolute Gasteiger partial charge is 0.416 e. The highest BCUT2D eigenvalue weighted by atomic mass is 35.5. The Hall–Kier alpha value is -4.02. The lowest BCUT2D eigenvalue weighted by Crippen LogP contribution is -2.70. The molecule has 0 radical (unpaired) electrons. The van der Waals surface area contributed by atoms with Crippen LogP contribution in [0.3, 0.4) is 0 Å². The highest BCUT2D eigenvalue weighted by Gasteiger charge is 2.55. The quantitative estimate of drug-likeness (QED) is 0.141. The molecule has 4 aromatic carbocycles. The maximum atomic E-state index is 13.9. The Morgan fingerprint density at radius 2 is 0.886 bits per heavy atom. The Bertz CT molecular complexity index is 1540. The number of Topliss-reactive ketones (excluding diaryl/α,β-unsaturated/α-hetero) is 2. The lowest BCUT2D eigenvalue weighted by atomic mass is 9.79. The van der Waals surface area contributed by atoms with Gasteiger partial charge >= 0.3 is 12.4 Å². The molecule has 4 aromatic rings. The van der Waals surface area contributed by atoms with Gasteiger partial charge in [-0.3, -0.25) is 9.59 Å². The predicted molar refractivity (Wildman–Crippen MR) is 156 cm³/mol. The minimum Gasteiger partial charge on any atom is -0.349 e. The number of nitrogens with zero attached hydrogens (tertiary/aromatic N) is 2. The standard InChI is InChI=1S/C32H22Cl2F6N2O2/c33-23-13-11-21(31(35,36)37)15-25(23)41(17-19-7-3-1-4-8-19)27-29(43)28(30(27)44)42(18-20-9-5-2-6-10-20)26-16-22(32(38,39)40)12-14-24(26)34/h1-16,27-28H,17-18H2. The summed E-state index contributed by atoms with van der Waals surface area (Å²) < 4.78 is 82.0. The van der Waals surface area contributed by atoms with Crippen LogP contribution >= 0.6 is 23.2 Å². The van der Waals surface area contributed by atoms with Crippen LogP contribution in [0.4, 0.5) is 37.7 Å². The maximum absolute atomic E-state index is 13.9. The Kier molecular flexibility index (Phi) is 8.68. The molecule has 1 fully saturated rings. The number of alkyl halides is 6. The van der Waals surface area contributed by atoms with Crippen molar-refractivity contribution in [2.24, 2.45) is 0 Å². The van der Waals surface area contributed by atoms with E-state index in [2.05, 4.69) is 0 Å². The third-order valence-corrected chi connectivity index (χ3v) is 7.90. The van der Waals surface area contributed by atoms with Crippen molar-refractivity contribution < 1.29 is 35.9 Å². The van der Waals surface area contributed by atoms with Gasteiger partial charge in [0.25, 0.3) is 0 Å². The van der Waals surface area contributed by atoms with Crippen molar-refractivity contribution in [3.05, 3.63) is 129 Å². The molecule has 0 bridgehead atoms. The molecular formula is C32H22Cl2F6N2O2. The zero-order chi connectivity index (χ0) is 31.8. The molecule has 44 heavy (non-hydrogen) atoms. The smallest absolute Gasteiger partial charge is 0.349 e. The summed E-state index contributed by atoms with van der Waals surface area (Å²) in [4.78, 5) is 30.3. The highest BCUT2D eigenvalue weighted by Crippen LogP contribution is 2.42. The fourth-order valence-electron chi connectivity index (χ4n) is 5.11. The van der Waals surface area contributed by atoms with Gasteiger partial charge in [0.15, 0.2) is 23.7 Å². The summed E-state index contributed by atoms with van der Waals surface area (Å²) in [6, 6.07) is 18.9. The molecule has 0 spiro atoms. The van der Waals surface area contributed by atoms with Crippen molar-refractivity contribution in [3.63, 3.8) is 0 Å². The van der Waals surface area contributed by atoms with Crippen LogP contribution in [0.15, 0.2) is 97.1 Å². The lowest BCUT2D eigenvalue weighted by molar-refractivity contribution is -0.142. The van der Waals surface area contributed by atoms with Crippen LogP contribution in [-0.4, -0.2) is 23.7 Å². The molecule has 5 rings (SSSR count). The molecule has 0 N–H and O–H groups in total. The van der Waals surface area contributed by atoms with Crippen LogP contribution in [0.5, 0.6) is 0 Å². The van der Waals surface area contributed by atoms with Gasteiger partial charge in [-0.2, -0.15) is 26.3 Å². The highest BCUT2D eigenvalue weighted by molar-refractivity contribution is 6.37. The van der Waals surface area contributed by atoms with E-state index in [0.717, 1.165) is 36.4 Å². The Morgan fingerprint density at radius 3 is 1.20 bits per heavy atom. The summed E-state index contributed by atoms with van der Waals surface area (Å²) in [5.41, 5.74) is -1.30. The van der Waals surface area contributed by atoms with Crippen LogP contribution in [0, 0.1) is 0 Å². The van der Waals surface area contributed by atoms with Crippen LogP contribution in [-0.2, 0) is 35.0 Å². The minimum atomic E-state index is -4.74. The Balaban J connectivity index is 1.58. The molecule has 4 nitrogen and oxygen atoms in total. The lowest BCUT2D eigenvalue weighted by Gasteiger charge is -2.46. The molecule has 0 unspecified atom stereocenters. The van der Waals surface area contributed by atoms with E-state index in [-0.39, 0.29) is 34.5 Å². The van der Waals surface area contributed by atoms with Crippen molar-refractivity contribution in [2.45, 2.75) is 37.5 Å². The molecule has 0 saturated heterocycles. The molecular weight excluding hydrogens is 629 g/mol. The minimum absolute atomic E-state index is 0.125. The summed E-state index contributed by atoms with van der Waals surface area (Å²) in [5.74, 6) is -1.47. The van der Waals surface area contributed by atoms with Gasteiger partial charge in [-0.05, 0) is 47.5 Å². The molecule has 1 saturated carbocycles. The number of carbonyl (C=O) groups is 2. The molecule has 0 heterocycles. The van der Waals surface area contributed by atoms with Crippen LogP contribution < -0.4 is 9.80 Å². The molecule has 12 heteroatoms. The molecule has 228 valence electrons.